The van der Waals surface area contributed by atoms with Crippen LogP contribution in [0.3, 0.4) is 0 Å². The normalized spacial score (nSPS) is 12.2. The highest BCUT2D eigenvalue weighted by molar-refractivity contribution is 7.17. The SMILES string of the molecule is CN(C)C(=O)Cc1nc(COC(=O)c2cc3c(s2)-c2ccccc2CC3)cs1. The Kier molecular flexibility index (Phi) is 5.28. The van der Waals surface area contributed by atoms with E-state index in [1.807, 2.05) is 17.5 Å². The largest absolute Gasteiger partial charge is 0.455 e. The van der Waals surface area contributed by atoms with Gasteiger partial charge in [-0.25, -0.2) is 9.78 Å². The van der Waals surface area contributed by atoms with E-state index in [-0.39, 0.29) is 24.9 Å². The Balaban J connectivity index is 1.41. The molecule has 0 unspecified atom stereocenters. The van der Waals surface area contributed by atoms with Crippen molar-refractivity contribution in [1.29, 1.82) is 0 Å². The third-order valence-electron chi connectivity index (χ3n) is 4.69. The Morgan fingerprint density at radius 3 is 2.79 bits per heavy atom. The molecule has 4 rings (SSSR count). The maximum Gasteiger partial charge on any atom is 0.348 e. The second kappa shape index (κ2) is 7.85. The monoisotopic (exact) mass is 412 g/mol. The first kappa shape index (κ1) is 18.8. The van der Waals surface area contributed by atoms with E-state index in [0.717, 1.165) is 17.8 Å². The minimum Gasteiger partial charge on any atom is -0.455 e. The van der Waals surface area contributed by atoms with Gasteiger partial charge < -0.3 is 9.64 Å². The number of rotatable bonds is 5. The van der Waals surface area contributed by atoms with Crippen molar-refractivity contribution in [2.75, 3.05) is 14.1 Å². The molecule has 0 radical (unpaired) electrons. The zero-order valence-electron chi connectivity index (χ0n) is 15.7. The van der Waals surface area contributed by atoms with Gasteiger partial charge in [0.25, 0.3) is 0 Å². The van der Waals surface area contributed by atoms with Gasteiger partial charge in [-0.15, -0.1) is 22.7 Å². The van der Waals surface area contributed by atoms with Gasteiger partial charge in [-0.2, -0.15) is 0 Å². The van der Waals surface area contributed by atoms with Crippen LogP contribution in [0.4, 0.5) is 0 Å². The van der Waals surface area contributed by atoms with Crippen LogP contribution in [0.15, 0.2) is 35.7 Å². The summed E-state index contributed by atoms with van der Waals surface area (Å²) >= 11 is 2.91. The summed E-state index contributed by atoms with van der Waals surface area (Å²) in [6.45, 7) is 0.116. The highest BCUT2D eigenvalue weighted by Gasteiger charge is 2.22. The number of benzene rings is 1. The average Bonchev–Trinajstić information content (AvgIpc) is 3.33. The summed E-state index contributed by atoms with van der Waals surface area (Å²) in [7, 11) is 3.44. The summed E-state index contributed by atoms with van der Waals surface area (Å²) in [5.74, 6) is -0.321. The van der Waals surface area contributed by atoms with Crippen molar-refractivity contribution in [2.45, 2.75) is 25.9 Å². The molecule has 3 aromatic rings. The van der Waals surface area contributed by atoms with Crippen molar-refractivity contribution in [2.24, 2.45) is 0 Å². The van der Waals surface area contributed by atoms with Crippen LogP contribution in [0.1, 0.15) is 31.5 Å². The van der Waals surface area contributed by atoms with Crippen molar-refractivity contribution < 1.29 is 14.3 Å². The van der Waals surface area contributed by atoms with Gasteiger partial charge in [-0.1, -0.05) is 24.3 Å². The van der Waals surface area contributed by atoms with Crippen molar-refractivity contribution >= 4 is 34.6 Å². The number of carbonyl (C=O) groups excluding carboxylic acids is 2. The van der Waals surface area contributed by atoms with Crippen molar-refractivity contribution in [1.82, 2.24) is 9.88 Å². The lowest BCUT2D eigenvalue weighted by atomic mass is 9.91. The standard InChI is InChI=1S/C21H20N2O3S2/c1-23(2)19(24)10-18-22-15(12-27-18)11-26-21(25)17-9-14-8-7-13-5-3-4-6-16(13)20(14)28-17/h3-6,9,12H,7-8,10-11H2,1-2H3. The van der Waals surface area contributed by atoms with E-state index in [4.69, 9.17) is 4.74 Å². The van der Waals surface area contributed by atoms with E-state index < -0.39 is 0 Å². The van der Waals surface area contributed by atoms with Crippen LogP contribution < -0.4 is 0 Å². The molecule has 1 aromatic carbocycles. The predicted molar refractivity (Wildman–Crippen MR) is 111 cm³/mol. The molecule has 0 bridgehead atoms. The van der Waals surface area contributed by atoms with Crippen LogP contribution in [0.5, 0.6) is 0 Å². The predicted octanol–water partition coefficient (Wildman–Crippen LogP) is 3.96. The zero-order chi connectivity index (χ0) is 19.7. The Morgan fingerprint density at radius 2 is 1.96 bits per heavy atom. The van der Waals surface area contributed by atoms with E-state index in [9.17, 15) is 9.59 Å². The second-order valence-electron chi connectivity index (χ2n) is 6.90. The third kappa shape index (κ3) is 3.86. The van der Waals surface area contributed by atoms with E-state index >= 15 is 0 Å². The molecular formula is C21H20N2O3S2. The first-order chi connectivity index (χ1) is 13.5. The Bertz CT molecular complexity index is 1040. The lowest BCUT2D eigenvalue weighted by Crippen LogP contribution is -2.23. The van der Waals surface area contributed by atoms with Crippen LogP contribution in [-0.4, -0.2) is 35.9 Å². The third-order valence-corrected chi connectivity index (χ3v) is 6.78. The highest BCUT2D eigenvalue weighted by atomic mass is 32.1. The minimum absolute atomic E-state index is 0.00217. The van der Waals surface area contributed by atoms with Gasteiger partial charge in [0.05, 0.1) is 12.1 Å². The van der Waals surface area contributed by atoms with Gasteiger partial charge in [-0.3, -0.25) is 4.79 Å². The smallest absolute Gasteiger partial charge is 0.348 e. The molecule has 1 amide bonds. The number of fused-ring (bicyclic) bond motifs is 3. The highest BCUT2D eigenvalue weighted by Crippen LogP contribution is 2.39. The van der Waals surface area contributed by atoms with E-state index in [0.29, 0.717) is 10.6 Å². The summed E-state index contributed by atoms with van der Waals surface area (Å²) in [6.07, 6.45) is 2.22. The number of nitrogens with zero attached hydrogens (tertiary/aromatic N) is 2. The number of thiazole rings is 1. The number of hydrogen-bond acceptors (Lipinski definition) is 6. The molecule has 28 heavy (non-hydrogen) atoms. The molecule has 2 heterocycles. The number of aryl methyl sites for hydroxylation is 2. The number of ether oxygens (including phenoxy) is 1. The van der Waals surface area contributed by atoms with Gasteiger partial charge in [0.15, 0.2) is 0 Å². The Hall–Kier alpha value is -2.51. The number of hydrogen-bond donors (Lipinski definition) is 0. The van der Waals surface area contributed by atoms with Crippen LogP contribution in [0, 0.1) is 0 Å². The fraction of sp³-hybridized carbons (Fsp3) is 0.286. The summed E-state index contributed by atoms with van der Waals surface area (Å²) in [5.41, 5.74) is 4.45. The van der Waals surface area contributed by atoms with Crippen molar-refractivity contribution in [3.63, 3.8) is 0 Å². The number of esters is 1. The number of likely N-dealkylation sites (N-methyl/N-ethyl adjacent to an activating group) is 1. The van der Waals surface area contributed by atoms with Gasteiger partial charge in [0, 0.05) is 24.4 Å². The van der Waals surface area contributed by atoms with E-state index in [1.54, 1.807) is 14.1 Å². The lowest BCUT2D eigenvalue weighted by Gasteiger charge is -2.15. The summed E-state index contributed by atoms with van der Waals surface area (Å²) in [5, 5.41) is 2.56. The zero-order valence-corrected chi connectivity index (χ0v) is 17.4. The fourth-order valence-electron chi connectivity index (χ4n) is 3.17. The van der Waals surface area contributed by atoms with Crippen LogP contribution in [0.2, 0.25) is 0 Å². The first-order valence-electron chi connectivity index (χ1n) is 9.03. The average molecular weight is 413 g/mol. The van der Waals surface area contributed by atoms with Crippen LogP contribution >= 0.6 is 22.7 Å². The number of aromatic nitrogens is 1. The molecular weight excluding hydrogens is 392 g/mol. The maximum atomic E-state index is 12.5. The molecule has 0 spiro atoms. The topological polar surface area (TPSA) is 59.5 Å². The van der Waals surface area contributed by atoms with E-state index in [2.05, 4.69) is 23.2 Å². The fourth-order valence-corrected chi connectivity index (χ4v) is 5.10. The van der Waals surface area contributed by atoms with Crippen molar-refractivity contribution in [3.8, 4) is 10.4 Å². The van der Waals surface area contributed by atoms with Gasteiger partial charge >= 0.3 is 5.97 Å². The van der Waals surface area contributed by atoms with Gasteiger partial charge in [-0.05, 0) is 35.6 Å². The first-order valence-corrected chi connectivity index (χ1v) is 10.7. The summed E-state index contributed by atoms with van der Waals surface area (Å²) in [4.78, 5) is 32.0. The molecule has 0 atom stereocenters. The summed E-state index contributed by atoms with van der Waals surface area (Å²) in [6, 6.07) is 10.3. The molecule has 7 heteroatoms. The van der Waals surface area contributed by atoms with Gasteiger partial charge in [0.2, 0.25) is 5.91 Å². The lowest BCUT2D eigenvalue weighted by molar-refractivity contribution is -0.127. The molecule has 1 aliphatic carbocycles. The summed E-state index contributed by atoms with van der Waals surface area (Å²) < 4.78 is 5.47. The molecule has 0 aliphatic heterocycles. The molecule has 0 N–H and O–H groups in total. The molecule has 2 aromatic heterocycles. The number of amides is 1. The molecule has 0 fully saturated rings. The molecule has 5 nitrogen and oxygen atoms in total. The van der Waals surface area contributed by atoms with Gasteiger partial charge in [0.1, 0.15) is 16.5 Å². The Labute approximate surface area is 171 Å². The maximum absolute atomic E-state index is 12.5. The van der Waals surface area contributed by atoms with Crippen molar-refractivity contribution in [3.05, 3.63) is 62.4 Å². The molecule has 0 saturated carbocycles. The number of thiophene rings is 1. The second-order valence-corrected chi connectivity index (χ2v) is 8.89. The van der Waals surface area contributed by atoms with Crippen LogP contribution in [0.25, 0.3) is 10.4 Å². The molecule has 144 valence electrons. The minimum atomic E-state index is -0.323. The molecule has 0 saturated heterocycles. The molecule has 1 aliphatic rings. The number of carbonyl (C=O) groups is 2. The quantitative estimate of drug-likeness (QED) is 0.595. The van der Waals surface area contributed by atoms with E-state index in [1.165, 1.54) is 49.1 Å². The van der Waals surface area contributed by atoms with Crippen LogP contribution in [-0.2, 0) is 35.4 Å². The Morgan fingerprint density at radius 1 is 1.18 bits per heavy atom.